The Morgan fingerprint density at radius 3 is 0.647 bits per heavy atom. The van der Waals surface area contributed by atoms with Gasteiger partial charge < -0.3 is 30.6 Å². The van der Waals surface area contributed by atoms with Crippen LogP contribution in [-0.2, 0) is 21.1 Å². The van der Waals surface area contributed by atoms with Crippen molar-refractivity contribution in [3.63, 3.8) is 0 Å². The number of hydrogen-bond acceptors (Lipinski definition) is 6. The maximum absolute atomic E-state index is 8.25. The second kappa shape index (κ2) is 25.0. The molecular weight excluding hydrogens is 453 g/mol. The van der Waals surface area contributed by atoms with Crippen molar-refractivity contribution < 1.29 is 31.2 Å². The fourth-order valence-electron chi connectivity index (χ4n) is 0. The SMILES string of the molecule is C[PH+](C)C.C[PH+](C)C.O=[N+]([O-])[O-].O=[N+]([O-])[O-].[Pt+2]. The van der Waals surface area contributed by atoms with Crippen molar-refractivity contribution in [2.24, 2.45) is 0 Å². The normalized spacial score (nSPS) is 7.06. The Balaban J connectivity index is -0.0000000369. The zero-order chi connectivity index (χ0) is 14.3. The second-order valence-electron chi connectivity index (χ2n) is 3.45. The van der Waals surface area contributed by atoms with Crippen molar-refractivity contribution in [2.45, 2.75) is 0 Å². The van der Waals surface area contributed by atoms with Gasteiger partial charge in [0, 0.05) is 40.0 Å². The molecule has 0 aromatic rings. The molecule has 8 nitrogen and oxygen atoms in total. The maximum Gasteiger partial charge on any atom is 2.00 e. The molecule has 17 heavy (non-hydrogen) atoms. The number of hydrogen-bond donors (Lipinski definition) is 0. The third-order valence-corrected chi connectivity index (χ3v) is 0. The molecular formula is C6H20N2O6P2Pt+2. The van der Waals surface area contributed by atoms with Gasteiger partial charge in [-0.15, -0.1) is 0 Å². The van der Waals surface area contributed by atoms with Gasteiger partial charge in [0.15, 0.2) is 0 Å². The van der Waals surface area contributed by atoms with Gasteiger partial charge in [-0.05, 0) is 15.8 Å². The minimum atomic E-state index is -1.75. The van der Waals surface area contributed by atoms with E-state index in [4.69, 9.17) is 30.6 Å². The van der Waals surface area contributed by atoms with E-state index in [9.17, 15) is 0 Å². The minimum Gasteiger partial charge on any atom is -0.356 e. The van der Waals surface area contributed by atoms with Gasteiger partial charge in [-0.1, -0.05) is 0 Å². The molecule has 0 aromatic carbocycles. The Bertz CT molecular complexity index is 141. The summed E-state index contributed by atoms with van der Waals surface area (Å²) >= 11 is 0. The molecule has 0 radical (unpaired) electrons. The predicted octanol–water partition coefficient (Wildman–Crippen LogP) is 1.70. The molecule has 0 N–H and O–H groups in total. The van der Waals surface area contributed by atoms with Gasteiger partial charge in [-0.25, -0.2) is 0 Å². The molecule has 0 aliphatic heterocycles. The Morgan fingerprint density at radius 1 is 0.647 bits per heavy atom. The molecule has 0 heterocycles. The molecule has 0 aromatic heterocycles. The molecule has 0 saturated heterocycles. The molecule has 0 amide bonds. The average Bonchev–Trinajstić information content (AvgIpc) is 1.76. The third kappa shape index (κ3) is 1160000. The Morgan fingerprint density at radius 2 is 0.647 bits per heavy atom. The topological polar surface area (TPSA) is 132 Å². The largest absolute Gasteiger partial charge is 2.00 e. The van der Waals surface area contributed by atoms with E-state index in [1.807, 2.05) is 0 Å². The molecule has 11 heteroatoms. The van der Waals surface area contributed by atoms with Crippen molar-refractivity contribution in [1.82, 2.24) is 0 Å². The summed E-state index contributed by atoms with van der Waals surface area (Å²) in [6.07, 6.45) is 0. The van der Waals surface area contributed by atoms with Crippen molar-refractivity contribution >= 4 is 15.8 Å². The van der Waals surface area contributed by atoms with Crippen molar-refractivity contribution in [3.05, 3.63) is 30.6 Å². The molecule has 0 rings (SSSR count). The minimum absolute atomic E-state index is 0. The second-order valence-corrected chi connectivity index (χ2v) is 9.45. The van der Waals surface area contributed by atoms with E-state index in [0.29, 0.717) is 0 Å². The van der Waals surface area contributed by atoms with Crippen LogP contribution in [0.25, 0.3) is 0 Å². The summed E-state index contributed by atoms with van der Waals surface area (Å²) in [5.74, 6) is 0. The van der Waals surface area contributed by atoms with Crippen LogP contribution in [0.15, 0.2) is 0 Å². The Labute approximate surface area is 118 Å². The summed E-state index contributed by atoms with van der Waals surface area (Å²) in [6.45, 7) is 13.6. The van der Waals surface area contributed by atoms with Gasteiger partial charge in [0.1, 0.15) is 0 Å². The van der Waals surface area contributed by atoms with E-state index >= 15 is 0 Å². The van der Waals surface area contributed by atoms with Crippen LogP contribution in [0.3, 0.4) is 0 Å². The van der Waals surface area contributed by atoms with Gasteiger partial charge in [0.05, 0.1) is 10.2 Å². The third-order valence-electron chi connectivity index (χ3n) is 0. The van der Waals surface area contributed by atoms with E-state index in [1.54, 1.807) is 0 Å². The summed E-state index contributed by atoms with van der Waals surface area (Å²) in [4.78, 5) is 16.5. The fraction of sp³-hybridized carbons (Fsp3) is 1.00. The monoisotopic (exact) mass is 473 g/mol. The predicted molar refractivity (Wildman–Crippen MR) is 72.9 cm³/mol. The molecule has 0 unspecified atom stereocenters. The first kappa shape index (κ1) is 30.2. The van der Waals surface area contributed by atoms with E-state index < -0.39 is 10.2 Å². The summed E-state index contributed by atoms with van der Waals surface area (Å²) in [5.41, 5.74) is 0. The standard InChI is InChI=1S/2C3H9P.2NO3.Pt/c2*1-4(2)3;2*2-1(3)4;/h2*1-3H3;;;/q;;2*-1;+2/p+2. The van der Waals surface area contributed by atoms with E-state index in [1.165, 1.54) is 0 Å². The van der Waals surface area contributed by atoms with Gasteiger partial charge in [-0.2, -0.15) is 0 Å². The van der Waals surface area contributed by atoms with Crippen LogP contribution in [-0.4, -0.2) is 50.2 Å². The quantitative estimate of drug-likeness (QED) is 0.299. The number of rotatable bonds is 0. The molecule has 0 bridgehead atoms. The summed E-state index contributed by atoms with van der Waals surface area (Å²) in [7, 11) is 0.241. The van der Waals surface area contributed by atoms with Crippen LogP contribution in [0.2, 0.25) is 0 Å². The smallest absolute Gasteiger partial charge is 0.356 e. The fourth-order valence-corrected chi connectivity index (χ4v) is 0. The summed E-state index contributed by atoms with van der Waals surface area (Å²) in [5, 5.41) is 29.5. The zero-order valence-corrected chi connectivity index (χ0v) is 14.9. The summed E-state index contributed by atoms with van der Waals surface area (Å²) in [6, 6.07) is 0. The van der Waals surface area contributed by atoms with Gasteiger partial charge in [0.2, 0.25) is 0 Å². The van der Waals surface area contributed by atoms with Gasteiger partial charge in [0.25, 0.3) is 0 Å². The van der Waals surface area contributed by atoms with Crippen LogP contribution in [0, 0.1) is 30.6 Å². The van der Waals surface area contributed by atoms with Gasteiger partial charge >= 0.3 is 21.1 Å². The first-order valence-electron chi connectivity index (χ1n) is 4.10. The molecule has 0 spiro atoms. The Hall–Kier alpha value is -0.0517. The van der Waals surface area contributed by atoms with E-state index in [2.05, 4.69) is 40.0 Å². The van der Waals surface area contributed by atoms with E-state index in [0.717, 1.165) is 0 Å². The van der Waals surface area contributed by atoms with Crippen molar-refractivity contribution in [3.8, 4) is 0 Å². The molecule has 0 fully saturated rings. The van der Waals surface area contributed by atoms with E-state index in [-0.39, 0.29) is 36.9 Å². The van der Waals surface area contributed by atoms with Crippen molar-refractivity contribution in [2.75, 3.05) is 40.0 Å². The molecule has 0 aliphatic carbocycles. The molecule has 0 aliphatic rings. The first-order chi connectivity index (χ1) is 6.93. The number of nitrogens with zero attached hydrogens (tertiary/aromatic N) is 2. The van der Waals surface area contributed by atoms with Crippen molar-refractivity contribution in [1.29, 1.82) is 0 Å². The van der Waals surface area contributed by atoms with Crippen LogP contribution in [0.4, 0.5) is 0 Å². The van der Waals surface area contributed by atoms with Crippen LogP contribution in [0.1, 0.15) is 0 Å². The summed E-state index contributed by atoms with van der Waals surface area (Å²) < 4.78 is 0. The average molecular weight is 473 g/mol. The zero-order valence-electron chi connectivity index (χ0n) is 10.7. The maximum atomic E-state index is 8.25. The first-order valence-corrected chi connectivity index (χ1v) is 10.1. The van der Waals surface area contributed by atoms with Crippen LogP contribution >= 0.6 is 15.8 Å². The van der Waals surface area contributed by atoms with Crippen LogP contribution in [0.5, 0.6) is 0 Å². The van der Waals surface area contributed by atoms with Crippen LogP contribution < -0.4 is 0 Å². The molecule has 108 valence electrons. The Kier molecular flexibility index (Phi) is 44.3. The molecule has 0 saturated carbocycles. The van der Waals surface area contributed by atoms with Gasteiger partial charge in [-0.3, -0.25) is 0 Å². The molecule has 0 atom stereocenters.